The van der Waals surface area contributed by atoms with Crippen LogP contribution in [-0.4, -0.2) is 47.7 Å². The highest BCUT2D eigenvalue weighted by Gasteiger charge is 2.44. The van der Waals surface area contributed by atoms with Gasteiger partial charge >= 0.3 is 0 Å². The summed E-state index contributed by atoms with van der Waals surface area (Å²) in [6.45, 7) is 4.38. The van der Waals surface area contributed by atoms with Crippen molar-refractivity contribution in [3.63, 3.8) is 0 Å². The van der Waals surface area contributed by atoms with Gasteiger partial charge in [0.15, 0.2) is 11.6 Å². The normalized spacial score (nSPS) is 18.8. The molecular weight excluding hydrogens is 411 g/mol. The van der Waals surface area contributed by atoms with E-state index in [-0.39, 0.29) is 17.5 Å². The maximum absolute atomic E-state index is 13.6. The average molecular weight is 439 g/mol. The summed E-state index contributed by atoms with van der Waals surface area (Å²) >= 11 is 0. The molecule has 32 heavy (non-hydrogen) atoms. The zero-order valence-corrected chi connectivity index (χ0v) is 18.2. The van der Waals surface area contributed by atoms with Crippen LogP contribution in [0.3, 0.4) is 0 Å². The van der Waals surface area contributed by atoms with Crippen LogP contribution < -0.4 is 11.1 Å². The Morgan fingerprint density at radius 1 is 1.31 bits per heavy atom. The molecule has 0 radical (unpaired) electrons. The van der Waals surface area contributed by atoms with Crippen molar-refractivity contribution in [3.8, 4) is 5.75 Å². The van der Waals surface area contributed by atoms with Gasteiger partial charge in [0.25, 0.3) is 5.91 Å². The van der Waals surface area contributed by atoms with Gasteiger partial charge in [0.1, 0.15) is 0 Å². The lowest BCUT2D eigenvalue weighted by Crippen LogP contribution is -2.53. The van der Waals surface area contributed by atoms with Crippen molar-refractivity contribution in [1.29, 1.82) is 0 Å². The number of rotatable bonds is 6. The molecule has 1 aliphatic heterocycles. The van der Waals surface area contributed by atoms with Crippen molar-refractivity contribution in [2.24, 2.45) is 16.6 Å². The van der Waals surface area contributed by atoms with Gasteiger partial charge in [-0.3, -0.25) is 14.6 Å². The van der Waals surface area contributed by atoms with E-state index < -0.39 is 29.4 Å². The van der Waals surface area contributed by atoms with Crippen molar-refractivity contribution in [2.45, 2.75) is 25.8 Å². The van der Waals surface area contributed by atoms with Crippen molar-refractivity contribution < 1.29 is 19.1 Å². The monoisotopic (exact) mass is 438 g/mol. The molecule has 0 aromatic heterocycles. The summed E-state index contributed by atoms with van der Waals surface area (Å²) in [6.07, 6.45) is 2.90. The molecule has 0 saturated carbocycles. The molecule has 1 heterocycles. The highest BCUT2D eigenvalue weighted by Crippen LogP contribution is 2.38. The quantitative estimate of drug-likeness (QED) is 0.602. The number of nitrogens with one attached hydrogen (secondary N) is 1. The van der Waals surface area contributed by atoms with E-state index in [4.69, 9.17) is 5.73 Å². The van der Waals surface area contributed by atoms with Crippen molar-refractivity contribution >= 4 is 23.7 Å². The van der Waals surface area contributed by atoms with Gasteiger partial charge in [-0.05, 0) is 29.7 Å². The Kier molecular flexibility index (Phi) is 6.92. The molecule has 0 saturated heterocycles. The molecule has 1 aliphatic rings. The Morgan fingerprint density at radius 2 is 2.03 bits per heavy atom. The van der Waals surface area contributed by atoms with Crippen molar-refractivity contribution in [3.05, 3.63) is 71.2 Å². The van der Waals surface area contributed by atoms with Gasteiger partial charge in [0.2, 0.25) is 5.91 Å². The van der Waals surface area contributed by atoms with Crippen molar-refractivity contribution in [1.82, 2.24) is 4.90 Å². The van der Waals surface area contributed by atoms with Gasteiger partial charge in [-0.15, -0.1) is 0 Å². The number of hydrogen-bond donors (Lipinski definition) is 3. The largest absolute Gasteiger partial charge is 0.505 e. The number of phenols is 1. The van der Waals surface area contributed by atoms with Gasteiger partial charge in [-0.25, -0.2) is 4.39 Å². The third-order valence-corrected chi connectivity index (χ3v) is 5.31. The second-order valence-electron chi connectivity index (χ2n) is 8.07. The first-order chi connectivity index (χ1) is 15.3. The van der Waals surface area contributed by atoms with E-state index in [2.05, 4.69) is 10.3 Å². The maximum Gasteiger partial charge on any atom is 0.254 e. The van der Waals surface area contributed by atoms with Crippen LogP contribution in [0.2, 0.25) is 0 Å². The number of nitrogens with zero attached hydrogens (tertiary/aromatic N) is 2. The summed E-state index contributed by atoms with van der Waals surface area (Å²) in [7, 11) is 1.59. The number of carbonyl (C=O) groups is 2. The molecule has 7 nitrogen and oxygen atoms in total. The van der Waals surface area contributed by atoms with Gasteiger partial charge in [0.05, 0.1) is 12.0 Å². The van der Waals surface area contributed by atoms with E-state index in [1.807, 2.05) is 13.8 Å². The third-order valence-electron chi connectivity index (χ3n) is 5.31. The lowest BCUT2D eigenvalue weighted by atomic mass is 9.79. The summed E-state index contributed by atoms with van der Waals surface area (Å²) < 4.78 is 13.5. The zero-order chi connectivity index (χ0) is 23.4. The Morgan fingerprint density at radius 3 is 2.66 bits per heavy atom. The number of nitrogens with two attached hydrogens (primary N) is 1. The van der Waals surface area contributed by atoms with E-state index in [0.717, 1.165) is 12.1 Å². The summed E-state index contributed by atoms with van der Waals surface area (Å²) in [5.41, 5.74) is 7.67. The molecule has 3 rings (SSSR count). The van der Waals surface area contributed by atoms with Crippen LogP contribution in [0.5, 0.6) is 5.75 Å². The SMILES string of the molecule is CN=CC(=CN)[C@@H]1[C@@H](C(=O)Nc2ccc(F)c(O)c2)c2ccccc2C(=O)N1CC(C)C. The standard InChI is InChI=1S/C24H27FN4O3/c1-14(2)13-29-22(15(11-26)12-27-3)21(17-6-4-5-7-18(17)24(29)32)23(31)28-16-8-9-19(25)20(30)10-16/h4-12,14,21-22,30H,13,26H2,1-3H3,(H,28,31)/t21-,22+/m0/s1. The number of aliphatic imine (C=N–C) groups is 1. The number of aromatic hydroxyl groups is 1. The Labute approximate surface area is 186 Å². The molecule has 2 aromatic carbocycles. The molecule has 8 heteroatoms. The second-order valence-corrected chi connectivity index (χ2v) is 8.07. The molecule has 0 spiro atoms. The molecule has 168 valence electrons. The van der Waals surface area contributed by atoms with E-state index >= 15 is 0 Å². The molecule has 0 bridgehead atoms. The minimum Gasteiger partial charge on any atom is -0.505 e. The Hall–Kier alpha value is -3.68. The number of anilines is 1. The average Bonchev–Trinajstić information content (AvgIpc) is 2.76. The van der Waals surface area contributed by atoms with Gasteiger partial charge < -0.3 is 21.1 Å². The predicted molar refractivity (Wildman–Crippen MR) is 122 cm³/mol. The number of phenolic OH excluding ortho intramolecular Hbond substituents is 1. The van der Waals surface area contributed by atoms with E-state index in [1.54, 1.807) is 42.4 Å². The first-order valence-corrected chi connectivity index (χ1v) is 10.3. The smallest absolute Gasteiger partial charge is 0.254 e. The first kappa shape index (κ1) is 23.0. The van der Waals surface area contributed by atoms with E-state index in [9.17, 15) is 19.1 Å². The lowest BCUT2D eigenvalue weighted by Gasteiger charge is -2.42. The van der Waals surface area contributed by atoms with Crippen LogP contribution in [0.25, 0.3) is 0 Å². The van der Waals surface area contributed by atoms with Crippen LogP contribution in [0.4, 0.5) is 10.1 Å². The molecular formula is C24H27FN4O3. The number of amides is 2. The fourth-order valence-electron chi connectivity index (χ4n) is 4.02. The predicted octanol–water partition coefficient (Wildman–Crippen LogP) is 3.28. The minimum atomic E-state index is -0.803. The van der Waals surface area contributed by atoms with Gasteiger partial charge in [-0.2, -0.15) is 0 Å². The summed E-state index contributed by atoms with van der Waals surface area (Å²) in [4.78, 5) is 32.7. The van der Waals surface area contributed by atoms with E-state index in [1.165, 1.54) is 12.3 Å². The summed E-state index contributed by atoms with van der Waals surface area (Å²) in [6, 6.07) is 9.85. The Bertz CT molecular complexity index is 1080. The fraction of sp³-hybridized carbons (Fsp3) is 0.292. The third kappa shape index (κ3) is 4.49. The highest BCUT2D eigenvalue weighted by molar-refractivity contribution is 6.06. The van der Waals surface area contributed by atoms with Crippen LogP contribution >= 0.6 is 0 Å². The number of fused-ring (bicyclic) bond motifs is 1. The lowest BCUT2D eigenvalue weighted by molar-refractivity contribution is -0.118. The van der Waals surface area contributed by atoms with Crippen molar-refractivity contribution in [2.75, 3.05) is 18.9 Å². The maximum atomic E-state index is 13.6. The number of carbonyl (C=O) groups excluding carboxylic acids is 2. The molecule has 2 amide bonds. The molecule has 0 unspecified atom stereocenters. The zero-order valence-electron chi connectivity index (χ0n) is 18.2. The molecule has 2 aromatic rings. The Balaban J connectivity index is 2.14. The van der Waals surface area contributed by atoms with Crippen LogP contribution in [-0.2, 0) is 4.79 Å². The molecule has 4 N–H and O–H groups in total. The topological polar surface area (TPSA) is 108 Å². The number of benzene rings is 2. The van der Waals surface area contributed by atoms with Crippen LogP contribution in [0.15, 0.2) is 59.2 Å². The molecule has 2 atom stereocenters. The summed E-state index contributed by atoms with van der Waals surface area (Å²) in [5, 5.41) is 12.4. The van der Waals surface area contributed by atoms with Gasteiger partial charge in [0, 0.05) is 48.9 Å². The first-order valence-electron chi connectivity index (χ1n) is 10.3. The summed E-state index contributed by atoms with van der Waals surface area (Å²) in [5.74, 6) is -2.62. The van der Waals surface area contributed by atoms with Crippen LogP contribution in [0, 0.1) is 11.7 Å². The minimum absolute atomic E-state index is 0.141. The fourth-order valence-corrected chi connectivity index (χ4v) is 4.02. The van der Waals surface area contributed by atoms with Gasteiger partial charge in [-0.1, -0.05) is 32.0 Å². The number of hydrogen-bond acceptors (Lipinski definition) is 5. The number of halogens is 1. The molecule has 0 aliphatic carbocycles. The second kappa shape index (κ2) is 9.64. The van der Waals surface area contributed by atoms with Crippen LogP contribution in [0.1, 0.15) is 35.7 Å². The van der Waals surface area contributed by atoms with E-state index in [0.29, 0.717) is 23.2 Å². The molecule has 0 fully saturated rings. The highest BCUT2D eigenvalue weighted by atomic mass is 19.1.